The number of ether oxygens (including phenoxy) is 2. The SMILES string of the molecule is CN(Cc1ccc2c(c1)OCCO2)C(=O)c1ccccc1O. The number of aromatic hydroxyl groups is 1. The zero-order valence-electron chi connectivity index (χ0n) is 12.3. The Hall–Kier alpha value is -2.69. The predicted molar refractivity (Wildman–Crippen MR) is 81.3 cm³/mol. The summed E-state index contributed by atoms with van der Waals surface area (Å²) in [5.74, 6) is 1.19. The first-order valence-electron chi connectivity index (χ1n) is 7.07. The summed E-state index contributed by atoms with van der Waals surface area (Å²) in [4.78, 5) is 13.9. The highest BCUT2D eigenvalue weighted by molar-refractivity contribution is 5.96. The number of benzene rings is 2. The third kappa shape index (κ3) is 2.83. The Morgan fingerprint density at radius 1 is 1.14 bits per heavy atom. The Morgan fingerprint density at radius 3 is 2.64 bits per heavy atom. The molecule has 0 spiro atoms. The monoisotopic (exact) mass is 299 g/mol. The molecule has 0 atom stereocenters. The van der Waals surface area contributed by atoms with E-state index < -0.39 is 0 Å². The van der Waals surface area contributed by atoms with E-state index in [1.807, 2.05) is 18.2 Å². The molecule has 2 aromatic carbocycles. The summed E-state index contributed by atoms with van der Waals surface area (Å²) >= 11 is 0. The van der Waals surface area contributed by atoms with Gasteiger partial charge in [0.1, 0.15) is 19.0 Å². The van der Waals surface area contributed by atoms with Gasteiger partial charge in [-0.05, 0) is 29.8 Å². The highest BCUT2D eigenvalue weighted by Crippen LogP contribution is 2.31. The minimum atomic E-state index is -0.229. The number of amides is 1. The number of rotatable bonds is 3. The summed E-state index contributed by atoms with van der Waals surface area (Å²) in [6.07, 6.45) is 0. The number of fused-ring (bicyclic) bond motifs is 1. The van der Waals surface area contributed by atoms with Gasteiger partial charge in [-0.2, -0.15) is 0 Å². The van der Waals surface area contributed by atoms with Gasteiger partial charge in [0.25, 0.3) is 5.91 Å². The normalized spacial score (nSPS) is 12.8. The van der Waals surface area contributed by atoms with Gasteiger partial charge in [0.15, 0.2) is 11.5 Å². The van der Waals surface area contributed by atoms with E-state index in [1.165, 1.54) is 6.07 Å². The van der Waals surface area contributed by atoms with Crippen LogP contribution in [-0.2, 0) is 6.54 Å². The van der Waals surface area contributed by atoms with Crippen LogP contribution >= 0.6 is 0 Å². The Balaban J connectivity index is 1.75. The molecule has 0 aromatic heterocycles. The van der Waals surface area contributed by atoms with Gasteiger partial charge in [-0.15, -0.1) is 0 Å². The van der Waals surface area contributed by atoms with Crippen LogP contribution in [0.3, 0.4) is 0 Å². The molecule has 0 saturated heterocycles. The van der Waals surface area contributed by atoms with Crippen molar-refractivity contribution < 1.29 is 19.4 Å². The maximum atomic E-state index is 12.4. The van der Waals surface area contributed by atoms with Crippen LogP contribution in [0.25, 0.3) is 0 Å². The summed E-state index contributed by atoms with van der Waals surface area (Å²) in [6.45, 7) is 1.50. The second kappa shape index (κ2) is 5.97. The third-order valence-electron chi connectivity index (χ3n) is 3.51. The maximum Gasteiger partial charge on any atom is 0.257 e. The lowest BCUT2D eigenvalue weighted by Crippen LogP contribution is -2.26. The molecule has 0 saturated carbocycles. The van der Waals surface area contributed by atoms with Crippen LogP contribution in [0, 0.1) is 0 Å². The van der Waals surface area contributed by atoms with Crippen LogP contribution in [0.5, 0.6) is 17.2 Å². The predicted octanol–water partition coefficient (Wildman–Crippen LogP) is 2.44. The second-order valence-corrected chi connectivity index (χ2v) is 5.16. The number of para-hydroxylation sites is 1. The molecule has 0 unspecified atom stereocenters. The Kier molecular flexibility index (Phi) is 3.87. The van der Waals surface area contributed by atoms with E-state index in [2.05, 4.69) is 0 Å². The summed E-state index contributed by atoms with van der Waals surface area (Å²) in [6, 6.07) is 12.2. The quantitative estimate of drug-likeness (QED) is 0.945. The van der Waals surface area contributed by atoms with Crippen molar-refractivity contribution in [3.05, 3.63) is 53.6 Å². The molecule has 1 aliphatic heterocycles. The first-order valence-corrected chi connectivity index (χ1v) is 7.07. The van der Waals surface area contributed by atoms with Gasteiger partial charge in [-0.25, -0.2) is 0 Å². The number of nitrogens with zero attached hydrogens (tertiary/aromatic N) is 1. The molecular weight excluding hydrogens is 282 g/mol. The van der Waals surface area contributed by atoms with Crippen molar-refractivity contribution in [2.75, 3.05) is 20.3 Å². The second-order valence-electron chi connectivity index (χ2n) is 5.16. The minimum Gasteiger partial charge on any atom is -0.507 e. The van der Waals surface area contributed by atoms with E-state index in [0.717, 1.165) is 11.3 Å². The fourth-order valence-corrected chi connectivity index (χ4v) is 2.39. The number of phenolic OH excluding ortho intramolecular Hbond substituents is 1. The molecule has 0 aliphatic carbocycles. The largest absolute Gasteiger partial charge is 0.507 e. The van der Waals surface area contributed by atoms with Crippen molar-refractivity contribution >= 4 is 5.91 Å². The van der Waals surface area contributed by atoms with E-state index >= 15 is 0 Å². The smallest absolute Gasteiger partial charge is 0.257 e. The molecule has 1 amide bonds. The number of carbonyl (C=O) groups is 1. The molecule has 114 valence electrons. The van der Waals surface area contributed by atoms with Crippen molar-refractivity contribution in [2.24, 2.45) is 0 Å². The van der Waals surface area contributed by atoms with Gasteiger partial charge < -0.3 is 19.5 Å². The number of hydrogen-bond donors (Lipinski definition) is 1. The zero-order chi connectivity index (χ0) is 15.5. The molecule has 1 heterocycles. The van der Waals surface area contributed by atoms with Crippen LogP contribution in [-0.4, -0.2) is 36.2 Å². The summed E-state index contributed by atoms with van der Waals surface area (Å²) in [5.41, 5.74) is 1.23. The van der Waals surface area contributed by atoms with E-state index in [4.69, 9.17) is 9.47 Å². The van der Waals surface area contributed by atoms with Crippen LogP contribution in [0.2, 0.25) is 0 Å². The van der Waals surface area contributed by atoms with Crippen molar-refractivity contribution in [3.63, 3.8) is 0 Å². The third-order valence-corrected chi connectivity index (χ3v) is 3.51. The molecular formula is C17H17NO4. The summed E-state index contributed by atoms with van der Waals surface area (Å²) < 4.78 is 11.0. The van der Waals surface area contributed by atoms with Gasteiger partial charge in [0.2, 0.25) is 0 Å². The average Bonchev–Trinajstić information content (AvgIpc) is 2.54. The first kappa shape index (κ1) is 14.3. The zero-order valence-corrected chi connectivity index (χ0v) is 12.3. The van der Waals surface area contributed by atoms with Crippen molar-refractivity contribution in [2.45, 2.75) is 6.54 Å². The van der Waals surface area contributed by atoms with Gasteiger partial charge in [0.05, 0.1) is 5.56 Å². The van der Waals surface area contributed by atoms with Gasteiger partial charge >= 0.3 is 0 Å². The molecule has 0 bridgehead atoms. The molecule has 5 heteroatoms. The van der Waals surface area contributed by atoms with Gasteiger partial charge in [0, 0.05) is 13.6 Å². The van der Waals surface area contributed by atoms with E-state index in [9.17, 15) is 9.90 Å². The molecule has 1 aliphatic rings. The number of phenols is 1. The maximum absolute atomic E-state index is 12.4. The molecule has 22 heavy (non-hydrogen) atoms. The van der Waals surface area contributed by atoms with Crippen LogP contribution in [0.1, 0.15) is 15.9 Å². The Labute approximate surface area is 128 Å². The Bertz CT molecular complexity index is 699. The number of hydrogen-bond acceptors (Lipinski definition) is 4. The standard InChI is InChI=1S/C17H17NO4/c1-18(17(20)13-4-2-3-5-14(13)19)11-12-6-7-15-16(10-12)22-9-8-21-15/h2-7,10,19H,8-9,11H2,1H3. The van der Waals surface area contributed by atoms with E-state index in [0.29, 0.717) is 31.1 Å². The first-order chi connectivity index (χ1) is 10.6. The fraction of sp³-hybridized carbons (Fsp3) is 0.235. The lowest BCUT2D eigenvalue weighted by molar-refractivity contribution is 0.0781. The summed E-state index contributed by atoms with van der Waals surface area (Å²) in [7, 11) is 1.70. The number of carbonyl (C=O) groups excluding carboxylic acids is 1. The van der Waals surface area contributed by atoms with Crippen LogP contribution in [0.15, 0.2) is 42.5 Å². The molecule has 0 radical (unpaired) electrons. The van der Waals surface area contributed by atoms with Gasteiger partial charge in [-0.3, -0.25) is 4.79 Å². The summed E-state index contributed by atoms with van der Waals surface area (Å²) in [5, 5.41) is 9.77. The van der Waals surface area contributed by atoms with Gasteiger partial charge in [-0.1, -0.05) is 18.2 Å². The van der Waals surface area contributed by atoms with Crippen molar-refractivity contribution in [1.82, 2.24) is 4.90 Å². The highest BCUT2D eigenvalue weighted by Gasteiger charge is 2.17. The minimum absolute atomic E-state index is 0.0125. The Morgan fingerprint density at radius 2 is 1.86 bits per heavy atom. The molecule has 0 fully saturated rings. The lowest BCUT2D eigenvalue weighted by Gasteiger charge is -2.21. The van der Waals surface area contributed by atoms with Crippen LogP contribution in [0.4, 0.5) is 0 Å². The van der Waals surface area contributed by atoms with E-state index in [-0.39, 0.29) is 11.7 Å². The molecule has 3 rings (SSSR count). The van der Waals surface area contributed by atoms with Crippen molar-refractivity contribution in [1.29, 1.82) is 0 Å². The topological polar surface area (TPSA) is 59.0 Å². The molecule has 5 nitrogen and oxygen atoms in total. The van der Waals surface area contributed by atoms with Crippen molar-refractivity contribution in [3.8, 4) is 17.2 Å². The van der Waals surface area contributed by atoms with E-state index in [1.54, 1.807) is 30.1 Å². The highest BCUT2D eigenvalue weighted by atomic mass is 16.6. The van der Waals surface area contributed by atoms with Crippen LogP contribution < -0.4 is 9.47 Å². The average molecular weight is 299 g/mol. The molecule has 1 N–H and O–H groups in total. The molecule has 2 aromatic rings. The fourth-order valence-electron chi connectivity index (χ4n) is 2.39. The lowest BCUT2D eigenvalue weighted by atomic mass is 10.1.